The number of hydrogen-bond donors (Lipinski definition) is 1. The van der Waals surface area contributed by atoms with E-state index in [0.717, 1.165) is 19.4 Å². The van der Waals surface area contributed by atoms with Gasteiger partial charge in [0.25, 0.3) is 0 Å². The van der Waals surface area contributed by atoms with Crippen LogP contribution in [0.3, 0.4) is 0 Å². The molecule has 3 rings (SSSR count). The Kier molecular flexibility index (Phi) is 3.32. The summed E-state index contributed by atoms with van der Waals surface area (Å²) in [6.07, 6.45) is 5.94. The van der Waals surface area contributed by atoms with Crippen LogP contribution in [0.25, 0.3) is 0 Å². The summed E-state index contributed by atoms with van der Waals surface area (Å²) in [5.41, 5.74) is 6.27. The molecule has 0 aromatic heterocycles. The van der Waals surface area contributed by atoms with Crippen molar-refractivity contribution in [3.05, 3.63) is 0 Å². The van der Waals surface area contributed by atoms with Gasteiger partial charge in [0.15, 0.2) is 0 Å². The first-order chi connectivity index (χ1) is 8.72. The average Bonchev–Trinajstić information content (AvgIpc) is 3.00. The number of carbonyl (C=O) groups excluding carboxylic acids is 1. The SMILES string of the molecule is COCCN(C(=O)C1C2CCC(C2)C1N)C1CC1. The quantitative estimate of drug-likeness (QED) is 0.794. The molecule has 4 nitrogen and oxygen atoms in total. The molecule has 1 amide bonds. The predicted octanol–water partition coefficient (Wildman–Crippen LogP) is 0.997. The van der Waals surface area contributed by atoms with Crippen LogP contribution in [0.1, 0.15) is 32.1 Å². The monoisotopic (exact) mass is 252 g/mol. The molecule has 18 heavy (non-hydrogen) atoms. The van der Waals surface area contributed by atoms with Gasteiger partial charge in [-0.2, -0.15) is 0 Å². The van der Waals surface area contributed by atoms with Crippen LogP contribution in [0.5, 0.6) is 0 Å². The number of amides is 1. The molecule has 3 aliphatic rings. The van der Waals surface area contributed by atoms with Gasteiger partial charge >= 0.3 is 0 Å². The first kappa shape index (κ1) is 12.4. The molecule has 0 saturated heterocycles. The number of ether oxygens (including phenoxy) is 1. The maximum atomic E-state index is 12.7. The zero-order valence-electron chi connectivity index (χ0n) is 11.2. The zero-order valence-corrected chi connectivity index (χ0v) is 11.2. The molecule has 3 fully saturated rings. The molecule has 4 unspecified atom stereocenters. The second kappa shape index (κ2) is 4.82. The normalized spacial score (nSPS) is 38.1. The van der Waals surface area contributed by atoms with Gasteiger partial charge in [-0.1, -0.05) is 0 Å². The highest BCUT2D eigenvalue weighted by atomic mass is 16.5. The number of rotatable bonds is 5. The molecular formula is C14H24N2O2. The second-order valence-electron chi connectivity index (χ2n) is 6.19. The van der Waals surface area contributed by atoms with E-state index >= 15 is 0 Å². The molecule has 0 heterocycles. The van der Waals surface area contributed by atoms with Crippen LogP contribution >= 0.6 is 0 Å². The number of fused-ring (bicyclic) bond motifs is 2. The number of carbonyl (C=O) groups is 1. The Labute approximate surface area is 109 Å². The van der Waals surface area contributed by atoms with Crippen molar-refractivity contribution in [2.75, 3.05) is 20.3 Å². The van der Waals surface area contributed by atoms with E-state index in [1.165, 1.54) is 19.3 Å². The molecule has 0 radical (unpaired) electrons. The molecule has 2 bridgehead atoms. The lowest BCUT2D eigenvalue weighted by Gasteiger charge is -2.32. The summed E-state index contributed by atoms with van der Waals surface area (Å²) in [6, 6.07) is 0.582. The van der Waals surface area contributed by atoms with Crippen LogP contribution in [0.4, 0.5) is 0 Å². The Morgan fingerprint density at radius 1 is 1.28 bits per heavy atom. The summed E-state index contributed by atoms with van der Waals surface area (Å²) < 4.78 is 5.13. The topological polar surface area (TPSA) is 55.6 Å². The molecule has 0 aromatic carbocycles. The van der Waals surface area contributed by atoms with Gasteiger partial charge in [-0.15, -0.1) is 0 Å². The molecule has 3 aliphatic carbocycles. The van der Waals surface area contributed by atoms with Crippen LogP contribution in [0, 0.1) is 17.8 Å². The van der Waals surface area contributed by atoms with E-state index in [0.29, 0.717) is 30.4 Å². The lowest BCUT2D eigenvalue weighted by atomic mass is 9.84. The molecule has 4 heteroatoms. The largest absolute Gasteiger partial charge is 0.383 e. The third-order valence-electron chi connectivity index (χ3n) is 5.07. The second-order valence-corrected chi connectivity index (χ2v) is 6.19. The number of nitrogens with zero attached hydrogens (tertiary/aromatic N) is 1. The van der Waals surface area contributed by atoms with Gasteiger partial charge in [0.1, 0.15) is 0 Å². The van der Waals surface area contributed by atoms with Gasteiger partial charge < -0.3 is 15.4 Å². The molecule has 3 saturated carbocycles. The summed E-state index contributed by atoms with van der Waals surface area (Å²) in [6.45, 7) is 1.37. The van der Waals surface area contributed by atoms with Gasteiger partial charge in [-0.3, -0.25) is 4.79 Å². The molecule has 0 aromatic rings. The van der Waals surface area contributed by atoms with Gasteiger partial charge in [0.2, 0.25) is 5.91 Å². The fourth-order valence-electron chi connectivity index (χ4n) is 3.94. The summed E-state index contributed by atoms with van der Waals surface area (Å²) in [4.78, 5) is 14.8. The van der Waals surface area contributed by atoms with Gasteiger partial charge in [-0.05, 0) is 43.9 Å². The summed E-state index contributed by atoms with van der Waals surface area (Å²) >= 11 is 0. The van der Waals surface area contributed by atoms with E-state index in [1.807, 2.05) is 0 Å². The predicted molar refractivity (Wildman–Crippen MR) is 68.9 cm³/mol. The smallest absolute Gasteiger partial charge is 0.227 e. The highest BCUT2D eigenvalue weighted by Crippen LogP contribution is 2.48. The zero-order chi connectivity index (χ0) is 12.7. The van der Waals surface area contributed by atoms with E-state index in [2.05, 4.69) is 4.90 Å². The van der Waals surface area contributed by atoms with Gasteiger partial charge in [-0.25, -0.2) is 0 Å². The molecule has 102 valence electrons. The third-order valence-corrected chi connectivity index (χ3v) is 5.07. The minimum Gasteiger partial charge on any atom is -0.383 e. The average molecular weight is 252 g/mol. The Morgan fingerprint density at radius 3 is 2.56 bits per heavy atom. The molecule has 0 aliphatic heterocycles. The van der Waals surface area contributed by atoms with Crippen LogP contribution in [-0.4, -0.2) is 43.2 Å². The standard InChI is InChI=1S/C14H24N2O2/c1-18-7-6-16(11-4-5-11)14(17)12-9-2-3-10(8-9)13(12)15/h9-13H,2-8,15H2,1H3. The van der Waals surface area contributed by atoms with Crippen LogP contribution in [0.2, 0.25) is 0 Å². The van der Waals surface area contributed by atoms with Crippen molar-refractivity contribution in [1.82, 2.24) is 4.90 Å². The minimum atomic E-state index is 0.0983. The molecule has 2 N–H and O–H groups in total. The maximum Gasteiger partial charge on any atom is 0.227 e. The summed E-state index contributed by atoms with van der Waals surface area (Å²) in [5.74, 6) is 1.57. The highest BCUT2D eigenvalue weighted by Gasteiger charge is 2.51. The Bertz CT molecular complexity index is 328. The Balaban J connectivity index is 1.68. The Hall–Kier alpha value is -0.610. The molecular weight excluding hydrogens is 228 g/mol. The van der Waals surface area contributed by atoms with Crippen molar-refractivity contribution < 1.29 is 9.53 Å². The van der Waals surface area contributed by atoms with E-state index in [4.69, 9.17) is 10.5 Å². The van der Waals surface area contributed by atoms with Gasteiger partial charge in [0.05, 0.1) is 12.5 Å². The van der Waals surface area contributed by atoms with E-state index < -0.39 is 0 Å². The summed E-state index contributed by atoms with van der Waals surface area (Å²) in [5, 5.41) is 0. The molecule has 4 atom stereocenters. The van der Waals surface area contributed by atoms with Crippen LogP contribution < -0.4 is 5.73 Å². The van der Waals surface area contributed by atoms with Crippen molar-refractivity contribution in [2.24, 2.45) is 23.5 Å². The fourth-order valence-corrected chi connectivity index (χ4v) is 3.94. The lowest BCUT2D eigenvalue weighted by Crippen LogP contribution is -2.48. The van der Waals surface area contributed by atoms with Crippen molar-refractivity contribution in [1.29, 1.82) is 0 Å². The van der Waals surface area contributed by atoms with E-state index in [1.54, 1.807) is 7.11 Å². The number of nitrogens with two attached hydrogens (primary N) is 1. The summed E-state index contributed by atoms with van der Waals surface area (Å²) in [7, 11) is 1.69. The minimum absolute atomic E-state index is 0.0983. The lowest BCUT2D eigenvalue weighted by molar-refractivity contribution is -0.139. The third kappa shape index (κ3) is 2.05. The first-order valence-corrected chi connectivity index (χ1v) is 7.27. The highest BCUT2D eigenvalue weighted by molar-refractivity contribution is 5.81. The fraction of sp³-hybridized carbons (Fsp3) is 0.929. The Morgan fingerprint density at radius 2 is 2.00 bits per heavy atom. The van der Waals surface area contributed by atoms with Crippen LogP contribution in [-0.2, 0) is 9.53 Å². The first-order valence-electron chi connectivity index (χ1n) is 7.27. The van der Waals surface area contributed by atoms with Gasteiger partial charge in [0, 0.05) is 25.7 Å². The van der Waals surface area contributed by atoms with Crippen molar-refractivity contribution in [3.8, 4) is 0 Å². The van der Waals surface area contributed by atoms with Crippen molar-refractivity contribution in [3.63, 3.8) is 0 Å². The molecule has 0 spiro atoms. The van der Waals surface area contributed by atoms with Crippen molar-refractivity contribution >= 4 is 5.91 Å². The number of hydrogen-bond acceptors (Lipinski definition) is 3. The van der Waals surface area contributed by atoms with E-state index in [-0.39, 0.29) is 12.0 Å². The number of methoxy groups -OCH3 is 1. The maximum absolute atomic E-state index is 12.7. The van der Waals surface area contributed by atoms with Crippen LogP contribution in [0.15, 0.2) is 0 Å². The van der Waals surface area contributed by atoms with Crippen molar-refractivity contribution in [2.45, 2.75) is 44.2 Å². The van der Waals surface area contributed by atoms with E-state index in [9.17, 15) is 4.79 Å².